The first-order valence-corrected chi connectivity index (χ1v) is 5.56. The summed E-state index contributed by atoms with van der Waals surface area (Å²) in [6, 6.07) is 2.38. The predicted octanol–water partition coefficient (Wildman–Crippen LogP) is 2.37. The number of hydrogen-bond donors (Lipinski definition) is 1. The van der Waals surface area contributed by atoms with Crippen molar-refractivity contribution in [1.82, 2.24) is 4.98 Å². The van der Waals surface area contributed by atoms with E-state index >= 15 is 0 Å². The molecule has 3 heteroatoms. The van der Waals surface area contributed by atoms with Crippen LogP contribution in [-0.2, 0) is 4.74 Å². The second-order valence-corrected chi connectivity index (χ2v) is 4.18. The average Bonchev–Trinajstić information content (AvgIpc) is 2.74. The first-order chi connectivity index (χ1) is 7.27. The Morgan fingerprint density at radius 1 is 1.60 bits per heavy atom. The molecule has 1 saturated heterocycles. The Hall–Kier alpha value is -1.09. The van der Waals surface area contributed by atoms with Crippen molar-refractivity contribution in [3.63, 3.8) is 0 Å². The predicted molar refractivity (Wildman–Crippen MR) is 61.0 cm³/mol. The third kappa shape index (κ3) is 2.48. The Bertz CT molecular complexity index is 321. The number of nitrogens with zero attached hydrogens (tertiary/aromatic N) is 1. The minimum absolute atomic E-state index is 0.359. The van der Waals surface area contributed by atoms with Crippen LogP contribution >= 0.6 is 0 Å². The summed E-state index contributed by atoms with van der Waals surface area (Å²) in [4.78, 5) is 4.08. The molecule has 2 rings (SSSR count). The number of anilines is 1. The van der Waals surface area contributed by atoms with Gasteiger partial charge in [0.2, 0.25) is 0 Å². The molecule has 0 saturated carbocycles. The van der Waals surface area contributed by atoms with Crippen LogP contribution in [0.2, 0.25) is 0 Å². The van der Waals surface area contributed by atoms with Crippen molar-refractivity contribution in [2.75, 3.05) is 11.9 Å². The first-order valence-electron chi connectivity index (χ1n) is 5.56. The highest BCUT2D eigenvalue weighted by atomic mass is 16.5. The Labute approximate surface area is 90.9 Å². The second kappa shape index (κ2) is 4.62. The molecule has 2 heterocycles. The van der Waals surface area contributed by atoms with Gasteiger partial charge in [-0.1, -0.05) is 0 Å². The van der Waals surface area contributed by atoms with Crippen molar-refractivity contribution >= 4 is 5.69 Å². The van der Waals surface area contributed by atoms with Crippen molar-refractivity contribution in [2.45, 2.75) is 38.8 Å². The minimum Gasteiger partial charge on any atom is -0.380 e. The van der Waals surface area contributed by atoms with Gasteiger partial charge in [-0.15, -0.1) is 0 Å². The number of hydrogen-bond acceptors (Lipinski definition) is 3. The van der Waals surface area contributed by atoms with Gasteiger partial charge in [-0.3, -0.25) is 4.98 Å². The quantitative estimate of drug-likeness (QED) is 0.824. The van der Waals surface area contributed by atoms with Crippen LogP contribution in [0.25, 0.3) is 0 Å². The highest BCUT2D eigenvalue weighted by molar-refractivity contribution is 5.49. The van der Waals surface area contributed by atoms with Crippen LogP contribution in [0.15, 0.2) is 18.5 Å². The molecule has 1 aliphatic heterocycles. The van der Waals surface area contributed by atoms with E-state index in [0.717, 1.165) is 18.7 Å². The maximum atomic E-state index is 5.65. The average molecular weight is 206 g/mol. The molecule has 0 aliphatic carbocycles. The van der Waals surface area contributed by atoms with E-state index in [9.17, 15) is 0 Å². The Morgan fingerprint density at radius 2 is 2.47 bits per heavy atom. The molecule has 3 nitrogen and oxygen atoms in total. The molecule has 1 N–H and O–H groups in total. The number of pyridine rings is 1. The second-order valence-electron chi connectivity index (χ2n) is 4.18. The van der Waals surface area contributed by atoms with Gasteiger partial charge in [-0.25, -0.2) is 0 Å². The van der Waals surface area contributed by atoms with E-state index in [1.54, 1.807) is 0 Å². The molecule has 0 amide bonds. The molecule has 1 fully saturated rings. The smallest absolute Gasteiger partial charge is 0.0774 e. The van der Waals surface area contributed by atoms with Crippen LogP contribution in [-0.4, -0.2) is 23.7 Å². The maximum absolute atomic E-state index is 5.65. The maximum Gasteiger partial charge on any atom is 0.0774 e. The molecule has 0 aromatic carbocycles. The molecule has 0 bridgehead atoms. The van der Waals surface area contributed by atoms with Gasteiger partial charge in [0.15, 0.2) is 0 Å². The standard InChI is InChI=1S/C12H18N2O/c1-9-8-13-6-5-11(9)14-10(2)12-4-3-7-15-12/h5-6,8,10,12H,3-4,7H2,1-2H3,(H,13,14). The van der Waals surface area contributed by atoms with E-state index in [1.807, 2.05) is 18.5 Å². The van der Waals surface area contributed by atoms with Crippen molar-refractivity contribution in [2.24, 2.45) is 0 Å². The largest absolute Gasteiger partial charge is 0.380 e. The molecule has 1 aliphatic rings. The van der Waals surface area contributed by atoms with Gasteiger partial charge in [-0.05, 0) is 38.3 Å². The third-order valence-corrected chi connectivity index (χ3v) is 2.93. The molecule has 2 unspecified atom stereocenters. The summed E-state index contributed by atoms with van der Waals surface area (Å²) in [6.07, 6.45) is 6.41. The highest BCUT2D eigenvalue weighted by Crippen LogP contribution is 2.20. The topological polar surface area (TPSA) is 34.2 Å². The zero-order valence-electron chi connectivity index (χ0n) is 9.36. The van der Waals surface area contributed by atoms with Crippen LogP contribution < -0.4 is 5.32 Å². The lowest BCUT2D eigenvalue weighted by molar-refractivity contribution is 0.0996. The van der Waals surface area contributed by atoms with Gasteiger partial charge in [0.25, 0.3) is 0 Å². The van der Waals surface area contributed by atoms with Crippen LogP contribution in [0.4, 0.5) is 5.69 Å². The van der Waals surface area contributed by atoms with Crippen molar-refractivity contribution in [3.05, 3.63) is 24.0 Å². The summed E-state index contributed by atoms with van der Waals surface area (Å²) < 4.78 is 5.65. The molecule has 2 atom stereocenters. The summed E-state index contributed by atoms with van der Waals surface area (Å²) in [7, 11) is 0. The normalized spacial score (nSPS) is 22.7. The van der Waals surface area contributed by atoms with Gasteiger partial charge in [0.05, 0.1) is 6.10 Å². The Kier molecular flexibility index (Phi) is 3.21. The van der Waals surface area contributed by atoms with E-state index in [0.29, 0.717) is 12.1 Å². The van der Waals surface area contributed by atoms with Crippen LogP contribution in [0, 0.1) is 6.92 Å². The SMILES string of the molecule is Cc1cnccc1NC(C)C1CCCO1. The van der Waals surface area contributed by atoms with E-state index in [1.165, 1.54) is 12.0 Å². The fourth-order valence-electron chi connectivity index (χ4n) is 1.97. The molecule has 82 valence electrons. The first kappa shape index (κ1) is 10.4. The Balaban J connectivity index is 1.99. The summed E-state index contributed by atoms with van der Waals surface area (Å²) in [5.74, 6) is 0. The minimum atomic E-state index is 0.359. The van der Waals surface area contributed by atoms with Crippen LogP contribution in [0.5, 0.6) is 0 Å². The summed E-state index contributed by atoms with van der Waals surface area (Å²) >= 11 is 0. The van der Waals surface area contributed by atoms with Gasteiger partial charge in [-0.2, -0.15) is 0 Å². The van der Waals surface area contributed by atoms with E-state index in [-0.39, 0.29) is 0 Å². The lowest BCUT2D eigenvalue weighted by Crippen LogP contribution is -2.30. The van der Waals surface area contributed by atoms with E-state index in [2.05, 4.69) is 24.1 Å². The van der Waals surface area contributed by atoms with Crippen molar-refractivity contribution < 1.29 is 4.74 Å². The Morgan fingerprint density at radius 3 is 3.13 bits per heavy atom. The summed E-state index contributed by atoms with van der Waals surface area (Å²) in [5.41, 5.74) is 2.34. The molecule has 1 aromatic rings. The lowest BCUT2D eigenvalue weighted by Gasteiger charge is -2.21. The lowest BCUT2D eigenvalue weighted by atomic mass is 10.1. The zero-order chi connectivity index (χ0) is 10.7. The number of aryl methyl sites for hydroxylation is 1. The van der Waals surface area contributed by atoms with Gasteiger partial charge < -0.3 is 10.1 Å². The molecule has 0 radical (unpaired) electrons. The van der Waals surface area contributed by atoms with Gasteiger partial charge >= 0.3 is 0 Å². The number of aromatic nitrogens is 1. The fraction of sp³-hybridized carbons (Fsp3) is 0.583. The van der Waals surface area contributed by atoms with Crippen LogP contribution in [0.1, 0.15) is 25.3 Å². The molecule has 1 aromatic heterocycles. The number of ether oxygens (including phenoxy) is 1. The molecular weight excluding hydrogens is 188 g/mol. The van der Waals surface area contributed by atoms with Crippen molar-refractivity contribution in [3.8, 4) is 0 Å². The van der Waals surface area contributed by atoms with E-state index in [4.69, 9.17) is 4.74 Å². The number of nitrogens with one attached hydrogen (secondary N) is 1. The molecule has 15 heavy (non-hydrogen) atoms. The van der Waals surface area contributed by atoms with Gasteiger partial charge in [0.1, 0.15) is 0 Å². The summed E-state index contributed by atoms with van der Waals surface area (Å²) in [5, 5.41) is 3.49. The van der Waals surface area contributed by atoms with Gasteiger partial charge in [0, 0.05) is 30.7 Å². The molecular formula is C12H18N2O. The molecule has 0 spiro atoms. The monoisotopic (exact) mass is 206 g/mol. The third-order valence-electron chi connectivity index (χ3n) is 2.93. The zero-order valence-corrected chi connectivity index (χ0v) is 9.36. The van der Waals surface area contributed by atoms with Crippen molar-refractivity contribution in [1.29, 1.82) is 0 Å². The summed E-state index contributed by atoms with van der Waals surface area (Å²) in [6.45, 7) is 5.15. The van der Waals surface area contributed by atoms with E-state index < -0.39 is 0 Å². The highest BCUT2D eigenvalue weighted by Gasteiger charge is 2.22. The number of rotatable bonds is 3. The van der Waals surface area contributed by atoms with Crippen LogP contribution in [0.3, 0.4) is 0 Å². The fourth-order valence-corrected chi connectivity index (χ4v) is 1.97.